The fourth-order valence-corrected chi connectivity index (χ4v) is 2.02. The van der Waals surface area contributed by atoms with Crippen molar-refractivity contribution in [1.82, 2.24) is 4.98 Å². The summed E-state index contributed by atoms with van der Waals surface area (Å²) >= 11 is 0. The van der Waals surface area contributed by atoms with Gasteiger partial charge in [0.15, 0.2) is 29.7 Å². The molecule has 0 saturated heterocycles. The molecule has 24 heavy (non-hydrogen) atoms. The fourth-order valence-electron chi connectivity index (χ4n) is 2.02. The molecule has 0 atom stereocenters. The molecule has 0 aliphatic heterocycles. The molecule has 0 amide bonds. The van der Waals surface area contributed by atoms with Gasteiger partial charge in [-0.3, -0.25) is 9.59 Å². The lowest BCUT2D eigenvalue weighted by Crippen LogP contribution is -2.14. The van der Waals surface area contributed by atoms with Crippen LogP contribution < -0.4 is 9.47 Å². The fraction of sp³-hybridized carbons (Fsp3) is 0.235. The van der Waals surface area contributed by atoms with Crippen molar-refractivity contribution in [3.63, 3.8) is 0 Å². The molecule has 0 aliphatic carbocycles. The second-order valence-corrected chi connectivity index (χ2v) is 4.93. The predicted molar refractivity (Wildman–Crippen MR) is 85.0 cm³/mol. The van der Waals surface area contributed by atoms with Gasteiger partial charge in [0.05, 0.1) is 14.2 Å². The van der Waals surface area contributed by atoms with Crippen LogP contribution in [0.15, 0.2) is 30.5 Å². The molecular weight excluding hydrogens is 314 g/mol. The average molecular weight is 331 g/mol. The number of hydrogen-bond donors (Lipinski definition) is 1. The molecule has 0 radical (unpaired) electrons. The number of Topliss-reactive ketones (excluding diaryl/α,β-unsaturated/α-hetero) is 2. The lowest BCUT2D eigenvalue weighted by molar-refractivity contribution is 0.0469. The molecule has 2 rings (SSSR count). The van der Waals surface area contributed by atoms with E-state index in [1.807, 2.05) is 0 Å². The van der Waals surface area contributed by atoms with Crippen LogP contribution in [0.1, 0.15) is 38.1 Å². The molecule has 1 aromatic carbocycles. The molecule has 126 valence electrons. The zero-order chi connectivity index (χ0) is 17.7. The van der Waals surface area contributed by atoms with Crippen molar-refractivity contribution in [2.45, 2.75) is 6.92 Å². The third-order valence-electron chi connectivity index (χ3n) is 3.35. The average Bonchev–Trinajstić information content (AvgIpc) is 3.09. The molecule has 0 unspecified atom stereocenters. The third kappa shape index (κ3) is 3.81. The van der Waals surface area contributed by atoms with Crippen molar-refractivity contribution in [2.24, 2.45) is 0 Å². The Morgan fingerprint density at radius 1 is 1.00 bits per heavy atom. The van der Waals surface area contributed by atoms with Crippen LogP contribution in [0.5, 0.6) is 11.5 Å². The molecule has 0 bridgehead atoms. The van der Waals surface area contributed by atoms with Gasteiger partial charge in [-0.2, -0.15) is 0 Å². The van der Waals surface area contributed by atoms with Crippen LogP contribution in [0.2, 0.25) is 0 Å². The highest BCUT2D eigenvalue weighted by atomic mass is 16.5. The van der Waals surface area contributed by atoms with Gasteiger partial charge >= 0.3 is 5.97 Å². The van der Waals surface area contributed by atoms with E-state index < -0.39 is 12.6 Å². The first kappa shape index (κ1) is 17.3. The first-order chi connectivity index (χ1) is 11.5. The van der Waals surface area contributed by atoms with Crippen LogP contribution in [0.3, 0.4) is 0 Å². The maximum Gasteiger partial charge on any atom is 0.355 e. The van der Waals surface area contributed by atoms with Gasteiger partial charge in [0.25, 0.3) is 0 Å². The largest absolute Gasteiger partial charge is 0.493 e. The monoisotopic (exact) mass is 331 g/mol. The first-order valence-corrected chi connectivity index (χ1v) is 7.08. The number of ether oxygens (including phenoxy) is 3. The quantitative estimate of drug-likeness (QED) is 0.618. The Morgan fingerprint density at radius 2 is 1.71 bits per heavy atom. The molecule has 2 aromatic rings. The number of nitrogens with one attached hydrogen (secondary N) is 1. The van der Waals surface area contributed by atoms with Gasteiger partial charge in [-0.15, -0.1) is 0 Å². The topological polar surface area (TPSA) is 94.7 Å². The summed E-state index contributed by atoms with van der Waals surface area (Å²) in [6.07, 6.45) is 1.41. The Balaban J connectivity index is 2.02. The number of carbonyl (C=O) groups is 3. The molecule has 1 N–H and O–H groups in total. The highest BCUT2D eigenvalue weighted by Crippen LogP contribution is 2.27. The van der Waals surface area contributed by atoms with Crippen LogP contribution >= 0.6 is 0 Å². The number of aromatic nitrogens is 1. The number of benzene rings is 1. The highest BCUT2D eigenvalue weighted by molar-refractivity contribution is 6.00. The van der Waals surface area contributed by atoms with Crippen LogP contribution in [0, 0.1) is 0 Å². The number of rotatable bonds is 7. The van der Waals surface area contributed by atoms with E-state index in [-0.39, 0.29) is 17.3 Å². The summed E-state index contributed by atoms with van der Waals surface area (Å²) in [5.74, 6) is -0.370. The minimum atomic E-state index is -0.712. The van der Waals surface area contributed by atoms with E-state index in [9.17, 15) is 14.4 Å². The smallest absolute Gasteiger partial charge is 0.355 e. The Morgan fingerprint density at radius 3 is 2.29 bits per heavy atom. The SMILES string of the molecule is COc1ccc(C(=O)COC(=O)c2cc(C(C)=O)c[nH]2)cc1OC. The molecule has 0 spiro atoms. The van der Waals surface area contributed by atoms with Crippen LogP contribution in [-0.4, -0.2) is 43.3 Å². The lowest BCUT2D eigenvalue weighted by atomic mass is 10.1. The number of esters is 1. The Kier molecular flexibility index (Phi) is 5.36. The van der Waals surface area contributed by atoms with Gasteiger partial charge in [0.1, 0.15) is 5.69 Å². The summed E-state index contributed by atoms with van der Waals surface area (Å²) in [6.45, 7) is 0.960. The molecule has 7 heteroatoms. The number of carbonyl (C=O) groups excluding carboxylic acids is 3. The minimum Gasteiger partial charge on any atom is -0.493 e. The summed E-state index contributed by atoms with van der Waals surface area (Å²) in [5, 5.41) is 0. The van der Waals surface area contributed by atoms with Crippen molar-refractivity contribution in [3.05, 3.63) is 47.3 Å². The Hall–Kier alpha value is -3.09. The van der Waals surface area contributed by atoms with Crippen molar-refractivity contribution in [3.8, 4) is 11.5 Å². The number of H-pyrrole nitrogens is 1. The molecule has 0 fully saturated rings. The van der Waals surface area contributed by atoms with E-state index in [2.05, 4.69) is 4.98 Å². The third-order valence-corrected chi connectivity index (χ3v) is 3.35. The number of hydrogen-bond acceptors (Lipinski definition) is 6. The van der Waals surface area contributed by atoms with E-state index in [1.165, 1.54) is 39.5 Å². The van der Waals surface area contributed by atoms with Crippen LogP contribution in [-0.2, 0) is 4.74 Å². The maximum absolute atomic E-state index is 12.1. The zero-order valence-electron chi connectivity index (χ0n) is 13.5. The van der Waals surface area contributed by atoms with Gasteiger partial charge in [-0.25, -0.2) is 4.79 Å². The number of aromatic amines is 1. The standard InChI is InChI=1S/C17H17NO6/c1-10(19)12-6-13(18-8-12)17(21)24-9-14(20)11-4-5-15(22-2)16(7-11)23-3/h4-8,18H,9H2,1-3H3. The summed E-state index contributed by atoms with van der Waals surface area (Å²) in [5.41, 5.74) is 0.810. The van der Waals surface area contributed by atoms with Crippen molar-refractivity contribution in [1.29, 1.82) is 0 Å². The van der Waals surface area contributed by atoms with Gasteiger partial charge in [0.2, 0.25) is 0 Å². The van der Waals surface area contributed by atoms with E-state index in [0.717, 1.165) is 0 Å². The van der Waals surface area contributed by atoms with E-state index in [4.69, 9.17) is 14.2 Å². The summed E-state index contributed by atoms with van der Waals surface area (Å²) in [7, 11) is 2.96. The molecule has 1 heterocycles. The van der Waals surface area contributed by atoms with Crippen molar-refractivity contribution >= 4 is 17.5 Å². The minimum absolute atomic E-state index is 0.111. The first-order valence-electron chi connectivity index (χ1n) is 7.08. The molecule has 7 nitrogen and oxygen atoms in total. The Bertz CT molecular complexity index is 777. The van der Waals surface area contributed by atoms with Crippen molar-refractivity contribution in [2.75, 3.05) is 20.8 Å². The predicted octanol–water partition coefficient (Wildman–Crippen LogP) is 2.27. The maximum atomic E-state index is 12.1. The zero-order valence-corrected chi connectivity index (χ0v) is 13.5. The number of ketones is 2. The molecule has 0 saturated carbocycles. The molecular formula is C17H17NO6. The summed E-state index contributed by atoms with van der Waals surface area (Å²) in [6, 6.07) is 6.04. The second-order valence-electron chi connectivity index (χ2n) is 4.93. The van der Waals surface area contributed by atoms with Gasteiger partial charge in [-0.05, 0) is 31.2 Å². The van der Waals surface area contributed by atoms with Crippen molar-refractivity contribution < 1.29 is 28.6 Å². The van der Waals surface area contributed by atoms with E-state index in [0.29, 0.717) is 22.6 Å². The van der Waals surface area contributed by atoms with Gasteiger partial charge < -0.3 is 19.2 Å². The van der Waals surface area contributed by atoms with Crippen LogP contribution in [0.4, 0.5) is 0 Å². The van der Waals surface area contributed by atoms with E-state index >= 15 is 0 Å². The highest BCUT2D eigenvalue weighted by Gasteiger charge is 2.16. The lowest BCUT2D eigenvalue weighted by Gasteiger charge is -2.09. The Labute approximate surface area is 138 Å². The van der Waals surface area contributed by atoms with E-state index in [1.54, 1.807) is 12.1 Å². The second kappa shape index (κ2) is 7.45. The summed E-state index contributed by atoms with van der Waals surface area (Å²) in [4.78, 5) is 37.8. The van der Waals surface area contributed by atoms with Gasteiger partial charge in [0, 0.05) is 17.3 Å². The van der Waals surface area contributed by atoms with Crippen LogP contribution in [0.25, 0.3) is 0 Å². The summed E-state index contributed by atoms with van der Waals surface area (Å²) < 4.78 is 15.2. The normalized spacial score (nSPS) is 10.1. The molecule has 1 aromatic heterocycles. The molecule has 0 aliphatic rings. The number of methoxy groups -OCH3 is 2. The van der Waals surface area contributed by atoms with Gasteiger partial charge in [-0.1, -0.05) is 0 Å².